The van der Waals surface area contributed by atoms with Crippen LogP contribution in [0, 0.1) is 6.92 Å². The van der Waals surface area contributed by atoms with E-state index in [0.717, 1.165) is 5.56 Å². The van der Waals surface area contributed by atoms with Crippen molar-refractivity contribution < 1.29 is 16.8 Å². The highest BCUT2D eigenvalue weighted by molar-refractivity contribution is 9.10. The van der Waals surface area contributed by atoms with Gasteiger partial charge in [0.05, 0.1) is 10.6 Å². The Morgan fingerprint density at radius 3 is 2.15 bits per heavy atom. The lowest BCUT2D eigenvalue weighted by atomic mass is 10.1. The molecule has 0 aliphatic rings. The zero-order valence-corrected chi connectivity index (χ0v) is 18.6. The van der Waals surface area contributed by atoms with Crippen LogP contribution in [-0.4, -0.2) is 22.9 Å². The fourth-order valence-corrected chi connectivity index (χ4v) is 5.72. The minimum atomic E-state index is -3.65. The highest BCUT2D eigenvalue weighted by Gasteiger charge is 2.17. The average molecular weight is 475 g/mol. The minimum Gasteiger partial charge on any atom is -0.212 e. The van der Waals surface area contributed by atoms with Crippen molar-refractivity contribution in [3.05, 3.63) is 63.6 Å². The molecule has 0 atom stereocenters. The summed E-state index contributed by atoms with van der Waals surface area (Å²) >= 11 is 3.28. The summed E-state index contributed by atoms with van der Waals surface area (Å²) < 4.78 is 54.8. The molecule has 0 unspecified atom stereocenters. The molecule has 2 rings (SSSR count). The first-order chi connectivity index (χ1) is 12.5. The molecular formula is C18H23BrN2O4S2. The van der Waals surface area contributed by atoms with Crippen molar-refractivity contribution in [1.29, 1.82) is 0 Å². The Balaban J connectivity index is 2.05. The quantitative estimate of drug-likeness (QED) is 0.614. The molecule has 6 nitrogen and oxygen atoms in total. The fraction of sp³-hybridized carbons (Fsp3) is 0.333. The van der Waals surface area contributed by atoms with Crippen LogP contribution in [0.5, 0.6) is 0 Å². The van der Waals surface area contributed by atoms with Crippen LogP contribution in [0.3, 0.4) is 0 Å². The lowest BCUT2D eigenvalue weighted by molar-refractivity contribution is 0.569. The molecule has 0 heterocycles. The van der Waals surface area contributed by atoms with Crippen LogP contribution in [0.4, 0.5) is 0 Å². The third-order valence-corrected chi connectivity index (χ3v) is 7.28. The third kappa shape index (κ3) is 6.69. The van der Waals surface area contributed by atoms with Crippen molar-refractivity contribution in [2.45, 2.75) is 44.0 Å². The van der Waals surface area contributed by atoms with E-state index in [-0.39, 0.29) is 23.2 Å². The van der Waals surface area contributed by atoms with Crippen LogP contribution in [-0.2, 0) is 32.3 Å². The Hall–Kier alpha value is -1.26. The van der Waals surface area contributed by atoms with Crippen LogP contribution >= 0.6 is 15.9 Å². The van der Waals surface area contributed by atoms with E-state index in [4.69, 9.17) is 0 Å². The number of halogens is 1. The molecule has 0 aromatic heterocycles. The number of rotatable bonds is 8. The maximum atomic E-state index is 12.5. The smallest absolute Gasteiger partial charge is 0.212 e. The molecule has 0 bridgehead atoms. The van der Waals surface area contributed by atoms with Gasteiger partial charge < -0.3 is 0 Å². The van der Waals surface area contributed by atoms with Gasteiger partial charge in [0.15, 0.2) is 0 Å². The number of aryl methyl sites for hydroxylation is 1. The van der Waals surface area contributed by atoms with Gasteiger partial charge in [0.1, 0.15) is 0 Å². The Labute approximate surface area is 169 Å². The van der Waals surface area contributed by atoms with Crippen molar-refractivity contribution >= 4 is 36.0 Å². The van der Waals surface area contributed by atoms with Gasteiger partial charge in [-0.05, 0) is 49.6 Å². The second kappa shape index (κ2) is 8.83. The van der Waals surface area contributed by atoms with Crippen LogP contribution in [0.1, 0.15) is 30.5 Å². The second-order valence-electron chi connectivity index (χ2n) is 6.58. The molecule has 0 amide bonds. The SMILES string of the molecule is Cc1ccc(Br)cc1S(=O)(=O)NCc1ccc(CS(=O)(=O)NC(C)C)cc1. The first kappa shape index (κ1) is 22.0. The maximum Gasteiger partial charge on any atom is 0.241 e. The molecular weight excluding hydrogens is 452 g/mol. The maximum absolute atomic E-state index is 12.5. The van der Waals surface area contributed by atoms with Crippen molar-refractivity contribution in [1.82, 2.24) is 9.44 Å². The summed E-state index contributed by atoms with van der Waals surface area (Å²) in [5.41, 5.74) is 2.03. The van der Waals surface area contributed by atoms with Crippen molar-refractivity contribution in [3.63, 3.8) is 0 Å². The molecule has 0 aliphatic carbocycles. The van der Waals surface area contributed by atoms with Gasteiger partial charge in [0.2, 0.25) is 20.0 Å². The number of sulfonamides is 2. The molecule has 0 aliphatic heterocycles. The van der Waals surface area contributed by atoms with Gasteiger partial charge in [0.25, 0.3) is 0 Å². The molecule has 0 fully saturated rings. The number of nitrogens with one attached hydrogen (secondary N) is 2. The normalized spacial score (nSPS) is 12.5. The lowest BCUT2D eigenvalue weighted by Gasteiger charge is -2.11. The van der Waals surface area contributed by atoms with Gasteiger partial charge in [-0.2, -0.15) is 0 Å². The highest BCUT2D eigenvalue weighted by atomic mass is 79.9. The van der Waals surface area contributed by atoms with E-state index in [1.807, 2.05) is 0 Å². The first-order valence-corrected chi connectivity index (χ1v) is 12.2. The predicted molar refractivity (Wildman–Crippen MR) is 110 cm³/mol. The molecule has 2 N–H and O–H groups in total. The number of benzene rings is 2. The molecule has 9 heteroatoms. The molecule has 0 radical (unpaired) electrons. The van der Waals surface area contributed by atoms with E-state index in [9.17, 15) is 16.8 Å². The Kier molecular flexibility index (Phi) is 7.20. The van der Waals surface area contributed by atoms with Crippen molar-refractivity contribution in [3.8, 4) is 0 Å². The molecule has 27 heavy (non-hydrogen) atoms. The topological polar surface area (TPSA) is 92.3 Å². The summed E-state index contributed by atoms with van der Waals surface area (Å²) in [5.74, 6) is -0.117. The summed E-state index contributed by atoms with van der Waals surface area (Å²) in [6, 6.07) is 11.7. The van der Waals surface area contributed by atoms with Crippen LogP contribution in [0.25, 0.3) is 0 Å². The van der Waals surface area contributed by atoms with Crippen LogP contribution < -0.4 is 9.44 Å². The van der Waals surface area contributed by atoms with E-state index >= 15 is 0 Å². The lowest BCUT2D eigenvalue weighted by Crippen LogP contribution is -2.31. The minimum absolute atomic E-state index is 0.117. The molecule has 0 spiro atoms. The van der Waals surface area contributed by atoms with E-state index in [1.54, 1.807) is 63.2 Å². The van der Waals surface area contributed by atoms with E-state index in [0.29, 0.717) is 15.6 Å². The van der Waals surface area contributed by atoms with Crippen molar-refractivity contribution in [2.24, 2.45) is 0 Å². The molecule has 0 saturated carbocycles. The number of hydrogen-bond donors (Lipinski definition) is 2. The summed E-state index contributed by atoms with van der Waals surface area (Å²) in [7, 11) is -7.04. The second-order valence-corrected chi connectivity index (χ2v) is 11.0. The van der Waals surface area contributed by atoms with E-state index < -0.39 is 20.0 Å². The molecule has 148 valence electrons. The first-order valence-electron chi connectivity index (χ1n) is 8.32. The van der Waals surface area contributed by atoms with Crippen LogP contribution in [0.2, 0.25) is 0 Å². The Morgan fingerprint density at radius 2 is 1.56 bits per heavy atom. The van der Waals surface area contributed by atoms with Crippen molar-refractivity contribution in [2.75, 3.05) is 0 Å². The largest absolute Gasteiger partial charge is 0.241 e. The van der Waals surface area contributed by atoms with Crippen LogP contribution in [0.15, 0.2) is 51.8 Å². The zero-order chi connectivity index (χ0) is 20.2. The van der Waals surface area contributed by atoms with Gasteiger partial charge in [-0.3, -0.25) is 0 Å². The van der Waals surface area contributed by atoms with Gasteiger partial charge in [0, 0.05) is 17.1 Å². The van der Waals surface area contributed by atoms with E-state index in [2.05, 4.69) is 25.4 Å². The number of hydrogen-bond acceptors (Lipinski definition) is 4. The third-order valence-electron chi connectivity index (χ3n) is 3.70. The van der Waals surface area contributed by atoms with Gasteiger partial charge in [-0.15, -0.1) is 0 Å². The zero-order valence-electron chi connectivity index (χ0n) is 15.4. The average Bonchev–Trinajstić information content (AvgIpc) is 2.55. The summed E-state index contributed by atoms with van der Waals surface area (Å²) in [6.45, 7) is 5.38. The molecule has 0 saturated heterocycles. The highest BCUT2D eigenvalue weighted by Crippen LogP contribution is 2.20. The predicted octanol–water partition coefficient (Wildman–Crippen LogP) is 3.06. The van der Waals surface area contributed by atoms with Gasteiger partial charge >= 0.3 is 0 Å². The van der Waals surface area contributed by atoms with E-state index in [1.165, 1.54) is 0 Å². The summed E-state index contributed by atoms with van der Waals surface area (Å²) in [6.07, 6.45) is 0. The van der Waals surface area contributed by atoms with Gasteiger partial charge in [-0.25, -0.2) is 26.3 Å². The molecule has 2 aromatic rings. The standard InChI is InChI=1S/C18H23BrN2O4S2/c1-13(2)21-26(22,23)12-16-7-5-15(6-8-16)11-20-27(24,25)18-10-17(19)9-4-14(18)3/h4-10,13,20-21H,11-12H2,1-3H3. The molecule has 2 aromatic carbocycles. The fourth-order valence-electron chi connectivity index (χ4n) is 2.49. The Morgan fingerprint density at radius 1 is 0.963 bits per heavy atom. The Bertz CT molecular complexity index is 1000. The monoisotopic (exact) mass is 474 g/mol. The summed E-state index contributed by atoms with van der Waals surface area (Å²) in [5, 5.41) is 0. The van der Waals surface area contributed by atoms with Gasteiger partial charge in [-0.1, -0.05) is 46.3 Å². The summed E-state index contributed by atoms with van der Waals surface area (Å²) in [4.78, 5) is 0.222.